The van der Waals surface area contributed by atoms with Crippen molar-refractivity contribution in [1.29, 1.82) is 5.26 Å². The van der Waals surface area contributed by atoms with E-state index >= 15 is 0 Å². The molecule has 2 N–H and O–H groups in total. The third-order valence-electron chi connectivity index (χ3n) is 4.67. The summed E-state index contributed by atoms with van der Waals surface area (Å²) in [5.74, 6) is -0.101. The smallest absolute Gasteiger partial charge is 0.340 e. The monoisotopic (exact) mass is 375 g/mol. The van der Waals surface area contributed by atoms with E-state index < -0.39 is 11.5 Å². The summed E-state index contributed by atoms with van der Waals surface area (Å²) >= 11 is 0. The largest absolute Gasteiger partial charge is 0.493 e. The SMILES string of the molecule is COC(=O)c1cc(OC)c(OC)cc1NCC(=O)NC1(C#N)CCCCC1. The zero-order valence-electron chi connectivity index (χ0n) is 15.9. The van der Waals surface area contributed by atoms with Crippen LogP contribution in [0.25, 0.3) is 0 Å². The molecule has 1 fully saturated rings. The van der Waals surface area contributed by atoms with Gasteiger partial charge in [-0.05, 0) is 12.8 Å². The lowest BCUT2D eigenvalue weighted by molar-refractivity contribution is -0.121. The molecule has 2 rings (SSSR count). The second-order valence-corrected chi connectivity index (χ2v) is 6.40. The highest BCUT2D eigenvalue weighted by atomic mass is 16.5. The second-order valence-electron chi connectivity index (χ2n) is 6.40. The Morgan fingerprint density at radius 1 is 1.11 bits per heavy atom. The van der Waals surface area contributed by atoms with Crippen molar-refractivity contribution in [2.75, 3.05) is 33.2 Å². The molecular formula is C19H25N3O5. The van der Waals surface area contributed by atoms with Crippen LogP contribution in [0.15, 0.2) is 12.1 Å². The number of nitrogens with zero attached hydrogens (tertiary/aromatic N) is 1. The molecule has 0 spiro atoms. The molecule has 0 aromatic heterocycles. The van der Waals surface area contributed by atoms with E-state index in [1.165, 1.54) is 27.4 Å². The Kier molecular flexibility index (Phi) is 6.88. The van der Waals surface area contributed by atoms with Gasteiger partial charge in [0.15, 0.2) is 11.5 Å². The van der Waals surface area contributed by atoms with Crippen LogP contribution >= 0.6 is 0 Å². The number of nitrogens with one attached hydrogen (secondary N) is 2. The molecule has 0 aliphatic heterocycles. The lowest BCUT2D eigenvalue weighted by atomic mass is 9.83. The van der Waals surface area contributed by atoms with Crippen molar-refractivity contribution in [3.8, 4) is 17.6 Å². The van der Waals surface area contributed by atoms with Crippen LogP contribution < -0.4 is 20.1 Å². The van der Waals surface area contributed by atoms with Gasteiger partial charge in [-0.25, -0.2) is 4.79 Å². The standard InChI is InChI=1S/C19H25N3O5/c1-25-15-9-13(18(24)27-3)14(10-16(15)26-2)21-11-17(23)22-19(12-20)7-5-4-6-8-19/h9-10,21H,4-8,11H2,1-3H3,(H,22,23). The van der Waals surface area contributed by atoms with Crippen LogP contribution in [0.3, 0.4) is 0 Å². The predicted octanol–water partition coefficient (Wildman–Crippen LogP) is 2.24. The number of nitriles is 1. The van der Waals surface area contributed by atoms with E-state index in [9.17, 15) is 14.9 Å². The lowest BCUT2D eigenvalue weighted by Gasteiger charge is -2.31. The van der Waals surface area contributed by atoms with Gasteiger partial charge in [-0.1, -0.05) is 19.3 Å². The highest BCUT2D eigenvalue weighted by molar-refractivity contribution is 5.97. The van der Waals surface area contributed by atoms with Crippen molar-refractivity contribution < 1.29 is 23.8 Å². The maximum Gasteiger partial charge on any atom is 0.340 e. The van der Waals surface area contributed by atoms with E-state index in [1.807, 2.05) is 0 Å². The number of hydrogen-bond acceptors (Lipinski definition) is 7. The van der Waals surface area contributed by atoms with Gasteiger partial charge < -0.3 is 24.8 Å². The number of ether oxygens (including phenoxy) is 3. The highest BCUT2D eigenvalue weighted by Gasteiger charge is 2.33. The number of rotatable bonds is 7. The number of carbonyl (C=O) groups excluding carboxylic acids is 2. The van der Waals surface area contributed by atoms with Crippen molar-refractivity contribution in [1.82, 2.24) is 5.32 Å². The molecule has 8 nitrogen and oxygen atoms in total. The van der Waals surface area contributed by atoms with Crippen LogP contribution in [0.5, 0.6) is 11.5 Å². The topological polar surface area (TPSA) is 110 Å². The summed E-state index contributed by atoms with van der Waals surface area (Å²) in [7, 11) is 4.21. The van der Waals surface area contributed by atoms with Crippen molar-refractivity contribution in [3.05, 3.63) is 17.7 Å². The Hall–Kier alpha value is -2.95. The van der Waals surface area contributed by atoms with E-state index in [1.54, 1.807) is 6.07 Å². The molecule has 0 unspecified atom stereocenters. The van der Waals surface area contributed by atoms with Gasteiger partial charge in [0.25, 0.3) is 0 Å². The molecule has 0 atom stereocenters. The summed E-state index contributed by atoms with van der Waals surface area (Å²) in [6.45, 7) is -0.0943. The summed E-state index contributed by atoms with van der Waals surface area (Å²) < 4.78 is 15.2. The van der Waals surface area contributed by atoms with Crippen LogP contribution in [-0.2, 0) is 9.53 Å². The van der Waals surface area contributed by atoms with Crippen LogP contribution in [0.4, 0.5) is 5.69 Å². The molecule has 8 heteroatoms. The normalized spacial score (nSPS) is 15.2. The Morgan fingerprint density at radius 2 is 1.74 bits per heavy atom. The number of amides is 1. The first-order valence-corrected chi connectivity index (χ1v) is 8.79. The van der Waals surface area contributed by atoms with E-state index in [2.05, 4.69) is 16.7 Å². The Labute approximate surface area is 158 Å². The zero-order chi connectivity index (χ0) is 19.9. The molecule has 1 amide bonds. The average molecular weight is 375 g/mol. The number of benzene rings is 1. The van der Waals surface area contributed by atoms with Crippen molar-refractivity contribution in [3.63, 3.8) is 0 Å². The number of hydrogen-bond donors (Lipinski definition) is 2. The molecule has 1 aliphatic carbocycles. The summed E-state index contributed by atoms with van der Waals surface area (Å²) in [5, 5.41) is 15.2. The molecule has 1 saturated carbocycles. The van der Waals surface area contributed by atoms with Crippen LogP contribution in [0.2, 0.25) is 0 Å². The molecular weight excluding hydrogens is 350 g/mol. The quantitative estimate of drug-likeness (QED) is 0.703. The van der Waals surface area contributed by atoms with Crippen molar-refractivity contribution in [2.24, 2.45) is 0 Å². The van der Waals surface area contributed by atoms with Gasteiger partial charge in [0.1, 0.15) is 5.54 Å². The first-order chi connectivity index (χ1) is 13.0. The van der Waals surface area contributed by atoms with Crippen molar-refractivity contribution >= 4 is 17.6 Å². The average Bonchev–Trinajstić information content (AvgIpc) is 2.71. The minimum absolute atomic E-state index is 0.0943. The van der Waals surface area contributed by atoms with Gasteiger partial charge >= 0.3 is 5.97 Å². The van der Waals surface area contributed by atoms with E-state index in [0.29, 0.717) is 30.0 Å². The number of methoxy groups -OCH3 is 3. The second kappa shape index (κ2) is 9.12. The minimum atomic E-state index is -0.806. The Balaban J connectivity index is 2.15. The number of anilines is 1. The summed E-state index contributed by atoms with van der Waals surface area (Å²) in [4.78, 5) is 24.4. The summed E-state index contributed by atoms with van der Waals surface area (Å²) in [6, 6.07) is 5.31. The Morgan fingerprint density at radius 3 is 2.30 bits per heavy atom. The molecule has 0 heterocycles. The van der Waals surface area contributed by atoms with E-state index in [4.69, 9.17) is 14.2 Å². The summed E-state index contributed by atoms with van der Waals surface area (Å²) in [6.07, 6.45) is 4.22. The molecule has 0 radical (unpaired) electrons. The van der Waals surface area contributed by atoms with Crippen LogP contribution in [0, 0.1) is 11.3 Å². The first-order valence-electron chi connectivity index (χ1n) is 8.79. The van der Waals surface area contributed by atoms with Gasteiger partial charge in [0, 0.05) is 12.1 Å². The lowest BCUT2D eigenvalue weighted by Crippen LogP contribution is -2.50. The number of carbonyl (C=O) groups is 2. The summed E-state index contributed by atoms with van der Waals surface area (Å²) in [5.41, 5.74) is -0.209. The van der Waals surface area contributed by atoms with Gasteiger partial charge in [-0.15, -0.1) is 0 Å². The third-order valence-corrected chi connectivity index (χ3v) is 4.67. The maximum absolute atomic E-state index is 12.4. The molecule has 27 heavy (non-hydrogen) atoms. The highest BCUT2D eigenvalue weighted by Crippen LogP contribution is 2.34. The molecule has 1 aromatic carbocycles. The molecule has 146 valence electrons. The number of esters is 1. The van der Waals surface area contributed by atoms with E-state index in [0.717, 1.165) is 19.3 Å². The van der Waals surface area contributed by atoms with E-state index in [-0.39, 0.29) is 18.0 Å². The fraction of sp³-hybridized carbons (Fsp3) is 0.526. The fourth-order valence-electron chi connectivity index (χ4n) is 3.21. The molecule has 1 aromatic rings. The first kappa shape index (κ1) is 20.4. The van der Waals surface area contributed by atoms with Crippen LogP contribution in [0.1, 0.15) is 42.5 Å². The van der Waals surface area contributed by atoms with Gasteiger partial charge in [0.2, 0.25) is 5.91 Å². The Bertz CT molecular complexity index is 736. The van der Waals surface area contributed by atoms with Gasteiger partial charge in [0.05, 0.1) is 45.2 Å². The fourth-order valence-corrected chi connectivity index (χ4v) is 3.21. The zero-order valence-corrected chi connectivity index (χ0v) is 15.9. The third kappa shape index (κ3) is 4.82. The molecule has 0 saturated heterocycles. The minimum Gasteiger partial charge on any atom is -0.493 e. The van der Waals surface area contributed by atoms with Gasteiger partial charge in [-0.3, -0.25) is 4.79 Å². The molecule has 0 bridgehead atoms. The predicted molar refractivity (Wildman–Crippen MR) is 98.9 cm³/mol. The van der Waals surface area contributed by atoms with Crippen molar-refractivity contribution in [2.45, 2.75) is 37.6 Å². The van der Waals surface area contributed by atoms with Crippen LogP contribution in [-0.4, -0.2) is 45.3 Å². The molecule has 1 aliphatic rings. The maximum atomic E-state index is 12.4. The van der Waals surface area contributed by atoms with Gasteiger partial charge in [-0.2, -0.15) is 5.26 Å².